The van der Waals surface area contributed by atoms with Gasteiger partial charge in [-0.3, -0.25) is 4.98 Å². The van der Waals surface area contributed by atoms with E-state index in [-0.39, 0.29) is 6.09 Å². The van der Waals surface area contributed by atoms with Gasteiger partial charge in [0.25, 0.3) is 0 Å². The van der Waals surface area contributed by atoms with Crippen molar-refractivity contribution in [2.45, 2.75) is 45.1 Å². The van der Waals surface area contributed by atoms with Crippen LogP contribution in [-0.2, 0) is 4.74 Å². The molecular formula is C19H22ClN5O2. The Balaban J connectivity index is 1.52. The molecule has 1 aliphatic heterocycles. The molecule has 3 aromatic heterocycles. The maximum atomic E-state index is 12.2. The number of likely N-dealkylation sites (tertiary alicyclic amines) is 1. The number of nitrogens with zero attached hydrogens (tertiary/aromatic N) is 4. The number of aromatic amines is 1. The third kappa shape index (κ3) is 3.56. The summed E-state index contributed by atoms with van der Waals surface area (Å²) >= 11 is 6.20. The van der Waals surface area contributed by atoms with Gasteiger partial charge in [-0.1, -0.05) is 11.6 Å². The van der Waals surface area contributed by atoms with E-state index in [2.05, 4.69) is 26.0 Å². The van der Waals surface area contributed by atoms with Crippen LogP contribution in [0.15, 0.2) is 18.6 Å². The first kappa shape index (κ1) is 18.0. The third-order valence-corrected chi connectivity index (χ3v) is 5.10. The first-order chi connectivity index (χ1) is 12.8. The standard InChI is InChI=1S/C19H22ClN5O2/c1-19(2,3)27-18(26)25-6-4-11(5-7-25)12-8-13-15(21-9-12)14-16(20)22-10-23-17(14)24-13/h8-11H,4-7H2,1-3H3,(H,22,23,24). The first-order valence-corrected chi connectivity index (χ1v) is 9.45. The monoisotopic (exact) mass is 387 g/mol. The molecule has 1 N–H and O–H groups in total. The number of halogens is 1. The lowest BCUT2D eigenvalue weighted by Gasteiger charge is -2.33. The third-order valence-electron chi connectivity index (χ3n) is 4.82. The molecule has 0 spiro atoms. The normalized spacial score (nSPS) is 16.2. The molecular weight excluding hydrogens is 366 g/mol. The van der Waals surface area contributed by atoms with E-state index < -0.39 is 5.60 Å². The summed E-state index contributed by atoms with van der Waals surface area (Å²) in [5.41, 5.74) is 3.06. The minimum absolute atomic E-state index is 0.238. The van der Waals surface area contributed by atoms with Crippen LogP contribution in [0.25, 0.3) is 22.1 Å². The Bertz CT molecular complexity index is 1000. The molecule has 4 heterocycles. The highest BCUT2D eigenvalue weighted by Crippen LogP contribution is 2.32. The fourth-order valence-corrected chi connectivity index (χ4v) is 3.74. The van der Waals surface area contributed by atoms with E-state index in [0.29, 0.717) is 29.8 Å². The van der Waals surface area contributed by atoms with Gasteiger partial charge in [0.2, 0.25) is 0 Å². The number of carbonyl (C=O) groups is 1. The summed E-state index contributed by atoms with van der Waals surface area (Å²) in [6.45, 7) is 7.02. The van der Waals surface area contributed by atoms with E-state index in [1.54, 1.807) is 4.90 Å². The molecule has 0 bridgehead atoms. The fourth-order valence-electron chi connectivity index (χ4n) is 3.52. The molecule has 8 heteroatoms. The maximum absolute atomic E-state index is 12.2. The molecule has 0 radical (unpaired) electrons. The van der Waals surface area contributed by atoms with Crippen molar-refractivity contribution in [2.24, 2.45) is 0 Å². The predicted molar refractivity (Wildman–Crippen MR) is 104 cm³/mol. The van der Waals surface area contributed by atoms with Crippen LogP contribution in [0.1, 0.15) is 45.1 Å². The average Bonchev–Trinajstić information content (AvgIpc) is 2.99. The van der Waals surface area contributed by atoms with Crippen molar-refractivity contribution in [3.8, 4) is 0 Å². The quantitative estimate of drug-likeness (QED) is 0.630. The molecule has 0 atom stereocenters. The molecule has 1 aliphatic rings. The summed E-state index contributed by atoms with van der Waals surface area (Å²) in [4.78, 5) is 30.2. The number of ether oxygens (including phenoxy) is 1. The van der Waals surface area contributed by atoms with Crippen molar-refractivity contribution in [1.29, 1.82) is 0 Å². The van der Waals surface area contributed by atoms with Crippen molar-refractivity contribution in [2.75, 3.05) is 13.1 Å². The zero-order valence-electron chi connectivity index (χ0n) is 15.6. The maximum Gasteiger partial charge on any atom is 0.410 e. The number of hydrogen-bond acceptors (Lipinski definition) is 5. The lowest BCUT2D eigenvalue weighted by molar-refractivity contribution is 0.0205. The van der Waals surface area contributed by atoms with Gasteiger partial charge >= 0.3 is 6.09 Å². The van der Waals surface area contributed by atoms with Crippen LogP contribution < -0.4 is 0 Å². The van der Waals surface area contributed by atoms with Gasteiger partial charge in [0.05, 0.1) is 10.9 Å². The van der Waals surface area contributed by atoms with Gasteiger partial charge in [0.1, 0.15) is 28.2 Å². The Labute approximate surface area is 162 Å². The summed E-state index contributed by atoms with van der Waals surface area (Å²) in [6, 6.07) is 2.11. The van der Waals surface area contributed by atoms with E-state index in [4.69, 9.17) is 16.3 Å². The predicted octanol–water partition coefficient (Wildman–Crippen LogP) is 4.27. The number of nitrogens with one attached hydrogen (secondary N) is 1. The molecule has 0 unspecified atom stereocenters. The van der Waals surface area contributed by atoms with Gasteiger partial charge < -0.3 is 14.6 Å². The Morgan fingerprint density at radius 1 is 1.26 bits per heavy atom. The zero-order chi connectivity index (χ0) is 19.2. The van der Waals surface area contributed by atoms with Crippen LogP contribution >= 0.6 is 11.6 Å². The molecule has 1 amide bonds. The Hall–Kier alpha value is -2.41. The van der Waals surface area contributed by atoms with Gasteiger partial charge in [-0.2, -0.15) is 0 Å². The van der Waals surface area contributed by atoms with Gasteiger partial charge in [-0.25, -0.2) is 14.8 Å². The number of pyridine rings is 1. The van der Waals surface area contributed by atoms with Gasteiger partial charge in [0.15, 0.2) is 0 Å². The number of carbonyl (C=O) groups excluding carboxylic acids is 1. The van der Waals surface area contributed by atoms with E-state index in [0.717, 1.165) is 34.8 Å². The van der Waals surface area contributed by atoms with E-state index >= 15 is 0 Å². The summed E-state index contributed by atoms with van der Waals surface area (Å²) in [5, 5.41) is 1.15. The summed E-state index contributed by atoms with van der Waals surface area (Å²) in [6.07, 6.45) is 4.86. The molecule has 0 aliphatic carbocycles. The first-order valence-electron chi connectivity index (χ1n) is 9.07. The molecule has 1 saturated heterocycles. The van der Waals surface area contributed by atoms with Crippen LogP contribution in [0.2, 0.25) is 5.15 Å². The number of piperidine rings is 1. The Morgan fingerprint density at radius 2 is 2.00 bits per heavy atom. The topological polar surface area (TPSA) is 84.0 Å². The number of aromatic nitrogens is 4. The average molecular weight is 388 g/mol. The van der Waals surface area contributed by atoms with Gasteiger partial charge in [-0.15, -0.1) is 0 Å². The molecule has 27 heavy (non-hydrogen) atoms. The smallest absolute Gasteiger partial charge is 0.410 e. The van der Waals surface area contributed by atoms with Crippen LogP contribution in [0.5, 0.6) is 0 Å². The largest absolute Gasteiger partial charge is 0.444 e. The van der Waals surface area contributed by atoms with Crippen LogP contribution in [0, 0.1) is 0 Å². The summed E-state index contributed by atoms with van der Waals surface area (Å²) < 4.78 is 5.46. The lowest BCUT2D eigenvalue weighted by atomic mass is 9.90. The van der Waals surface area contributed by atoms with E-state index in [9.17, 15) is 4.79 Å². The highest BCUT2D eigenvalue weighted by molar-refractivity contribution is 6.36. The molecule has 142 valence electrons. The van der Waals surface area contributed by atoms with Crippen molar-refractivity contribution >= 4 is 39.8 Å². The minimum Gasteiger partial charge on any atom is -0.444 e. The van der Waals surface area contributed by atoms with Crippen LogP contribution in [0.4, 0.5) is 4.79 Å². The SMILES string of the molecule is CC(C)(C)OC(=O)N1CCC(c2cnc3c(c2)[nH]c2ncnc(Cl)c23)CC1. The second kappa shape index (κ2) is 6.64. The number of H-pyrrole nitrogens is 1. The molecule has 0 saturated carbocycles. The van der Waals surface area contributed by atoms with Crippen LogP contribution in [0.3, 0.4) is 0 Å². The van der Waals surface area contributed by atoms with Crippen molar-refractivity contribution < 1.29 is 9.53 Å². The van der Waals surface area contributed by atoms with E-state index in [1.807, 2.05) is 27.0 Å². The molecule has 1 fully saturated rings. The zero-order valence-corrected chi connectivity index (χ0v) is 16.4. The number of amides is 1. The molecule has 0 aromatic carbocycles. The number of hydrogen-bond donors (Lipinski definition) is 1. The fraction of sp³-hybridized carbons (Fsp3) is 0.474. The summed E-state index contributed by atoms with van der Waals surface area (Å²) in [7, 11) is 0. The highest BCUT2D eigenvalue weighted by atomic mass is 35.5. The van der Waals surface area contributed by atoms with Gasteiger partial charge in [-0.05, 0) is 51.2 Å². The molecule has 7 nitrogen and oxygen atoms in total. The Kier molecular flexibility index (Phi) is 4.42. The second-order valence-corrected chi connectivity index (χ2v) is 8.28. The summed E-state index contributed by atoms with van der Waals surface area (Å²) in [5.74, 6) is 0.355. The highest BCUT2D eigenvalue weighted by Gasteiger charge is 2.28. The minimum atomic E-state index is -0.470. The van der Waals surface area contributed by atoms with Crippen molar-refractivity contribution in [3.05, 3.63) is 29.3 Å². The Morgan fingerprint density at radius 3 is 2.70 bits per heavy atom. The van der Waals surface area contributed by atoms with Gasteiger partial charge in [0, 0.05) is 19.3 Å². The van der Waals surface area contributed by atoms with Crippen LogP contribution in [-0.4, -0.2) is 49.6 Å². The number of rotatable bonds is 1. The lowest BCUT2D eigenvalue weighted by Crippen LogP contribution is -2.41. The number of fused-ring (bicyclic) bond motifs is 3. The second-order valence-electron chi connectivity index (χ2n) is 7.92. The van der Waals surface area contributed by atoms with Crippen molar-refractivity contribution in [1.82, 2.24) is 24.8 Å². The van der Waals surface area contributed by atoms with E-state index in [1.165, 1.54) is 6.33 Å². The molecule has 4 rings (SSSR count). The molecule has 3 aromatic rings. The van der Waals surface area contributed by atoms with Crippen molar-refractivity contribution in [3.63, 3.8) is 0 Å².